The second kappa shape index (κ2) is 7.19. The van der Waals surface area contributed by atoms with Crippen LogP contribution in [-0.4, -0.2) is 28.5 Å². The summed E-state index contributed by atoms with van der Waals surface area (Å²) in [5.41, 5.74) is 1.97. The highest BCUT2D eigenvalue weighted by Gasteiger charge is 2.09. The molecule has 0 amide bonds. The standard InChI is InChI=1S/C14H17ClN4O2/c1-10-4-3-5-11(18-10)8-16-12-9-17-19(6-7-21-2)14(20)13(12)15/h3-5,9,16H,6-8H2,1-2H3. The van der Waals surface area contributed by atoms with Crippen LogP contribution < -0.4 is 10.9 Å². The molecule has 0 aromatic carbocycles. The minimum atomic E-state index is -0.337. The van der Waals surface area contributed by atoms with Gasteiger partial charge in [-0.25, -0.2) is 4.68 Å². The maximum atomic E-state index is 12.0. The number of hydrogen-bond donors (Lipinski definition) is 1. The molecule has 0 saturated heterocycles. The summed E-state index contributed by atoms with van der Waals surface area (Å²) in [5, 5.41) is 7.26. The maximum absolute atomic E-state index is 12.0. The molecule has 112 valence electrons. The number of ether oxygens (including phenoxy) is 1. The fourth-order valence-electron chi connectivity index (χ4n) is 1.81. The van der Waals surface area contributed by atoms with Crippen molar-refractivity contribution in [2.24, 2.45) is 0 Å². The minimum Gasteiger partial charge on any atom is -0.383 e. The summed E-state index contributed by atoms with van der Waals surface area (Å²) in [5.74, 6) is 0. The van der Waals surface area contributed by atoms with E-state index in [4.69, 9.17) is 16.3 Å². The Balaban J connectivity index is 2.10. The zero-order valence-corrected chi connectivity index (χ0v) is 12.7. The van der Waals surface area contributed by atoms with Gasteiger partial charge in [-0.15, -0.1) is 0 Å². The van der Waals surface area contributed by atoms with Crippen LogP contribution in [-0.2, 0) is 17.8 Å². The van der Waals surface area contributed by atoms with Crippen LogP contribution in [0.15, 0.2) is 29.2 Å². The second-order valence-electron chi connectivity index (χ2n) is 4.52. The summed E-state index contributed by atoms with van der Waals surface area (Å²) < 4.78 is 6.20. The number of pyridine rings is 1. The number of aromatic nitrogens is 3. The molecular formula is C14H17ClN4O2. The molecule has 0 atom stereocenters. The van der Waals surface area contributed by atoms with E-state index >= 15 is 0 Å². The molecule has 1 N–H and O–H groups in total. The summed E-state index contributed by atoms with van der Waals surface area (Å²) in [6.45, 7) is 3.18. The Morgan fingerprint density at radius 3 is 2.95 bits per heavy atom. The summed E-state index contributed by atoms with van der Waals surface area (Å²) >= 11 is 6.08. The highest BCUT2D eigenvalue weighted by Crippen LogP contribution is 2.16. The smallest absolute Gasteiger partial charge is 0.287 e. The van der Waals surface area contributed by atoms with Gasteiger partial charge in [-0.3, -0.25) is 9.78 Å². The molecule has 7 heteroatoms. The van der Waals surface area contributed by atoms with Crippen LogP contribution in [0.5, 0.6) is 0 Å². The first-order chi connectivity index (χ1) is 10.1. The number of hydrogen-bond acceptors (Lipinski definition) is 5. The van der Waals surface area contributed by atoms with Gasteiger partial charge >= 0.3 is 0 Å². The van der Waals surface area contributed by atoms with E-state index < -0.39 is 0 Å². The molecular weight excluding hydrogens is 292 g/mol. The number of halogens is 1. The van der Waals surface area contributed by atoms with Crippen molar-refractivity contribution >= 4 is 17.3 Å². The number of methoxy groups -OCH3 is 1. The fourth-order valence-corrected chi connectivity index (χ4v) is 2.02. The zero-order valence-electron chi connectivity index (χ0n) is 12.0. The third-order valence-corrected chi connectivity index (χ3v) is 3.26. The third-order valence-electron chi connectivity index (χ3n) is 2.90. The van der Waals surface area contributed by atoms with Gasteiger partial charge in [0.1, 0.15) is 5.02 Å². The maximum Gasteiger partial charge on any atom is 0.287 e. The molecule has 2 heterocycles. The van der Waals surface area contributed by atoms with Crippen molar-refractivity contribution in [1.29, 1.82) is 0 Å². The van der Waals surface area contributed by atoms with Crippen LogP contribution in [0.1, 0.15) is 11.4 Å². The topological polar surface area (TPSA) is 69.0 Å². The molecule has 0 aliphatic rings. The molecule has 2 aromatic heterocycles. The van der Waals surface area contributed by atoms with E-state index in [1.165, 1.54) is 10.9 Å². The van der Waals surface area contributed by atoms with Gasteiger partial charge in [0.15, 0.2) is 0 Å². The molecule has 0 fully saturated rings. The zero-order chi connectivity index (χ0) is 15.2. The van der Waals surface area contributed by atoms with Gasteiger partial charge in [-0.05, 0) is 19.1 Å². The van der Waals surface area contributed by atoms with Gasteiger partial charge in [0.25, 0.3) is 5.56 Å². The monoisotopic (exact) mass is 308 g/mol. The lowest BCUT2D eigenvalue weighted by molar-refractivity contribution is 0.182. The fraction of sp³-hybridized carbons (Fsp3) is 0.357. The Morgan fingerprint density at radius 2 is 2.24 bits per heavy atom. The molecule has 0 spiro atoms. The quantitative estimate of drug-likeness (QED) is 0.882. The predicted molar refractivity (Wildman–Crippen MR) is 81.7 cm³/mol. The van der Waals surface area contributed by atoms with Crippen LogP contribution in [0, 0.1) is 6.92 Å². The average Bonchev–Trinajstić information content (AvgIpc) is 2.48. The van der Waals surface area contributed by atoms with E-state index in [1.54, 1.807) is 7.11 Å². The number of nitrogens with zero attached hydrogens (tertiary/aromatic N) is 3. The van der Waals surface area contributed by atoms with E-state index in [1.807, 2.05) is 25.1 Å². The van der Waals surface area contributed by atoms with Crippen molar-refractivity contribution in [1.82, 2.24) is 14.8 Å². The number of aryl methyl sites for hydroxylation is 1. The molecule has 0 bridgehead atoms. The van der Waals surface area contributed by atoms with Crippen LogP contribution >= 0.6 is 11.6 Å². The van der Waals surface area contributed by atoms with Crippen molar-refractivity contribution in [3.63, 3.8) is 0 Å². The first-order valence-corrected chi connectivity index (χ1v) is 6.90. The van der Waals surface area contributed by atoms with Gasteiger partial charge < -0.3 is 10.1 Å². The Labute approximate surface area is 127 Å². The van der Waals surface area contributed by atoms with Gasteiger partial charge in [0.05, 0.1) is 37.3 Å². The van der Waals surface area contributed by atoms with Crippen molar-refractivity contribution in [2.45, 2.75) is 20.0 Å². The molecule has 0 aliphatic carbocycles. The predicted octanol–water partition coefficient (Wildman–Crippen LogP) is 1.86. The molecule has 2 aromatic rings. The van der Waals surface area contributed by atoms with Gasteiger partial charge in [0.2, 0.25) is 0 Å². The van der Waals surface area contributed by atoms with E-state index in [0.29, 0.717) is 25.4 Å². The molecule has 0 aliphatic heterocycles. The first-order valence-electron chi connectivity index (χ1n) is 6.53. The number of rotatable bonds is 6. The van der Waals surface area contributed by atoms with E-state index in [2.05, 4.69) is 15.4 Å². The lowest BCUT2D eigenvalue weighted by Crippen LogP contribution is -2.26. The summed E-state index contributed by atoms with van der Waals surface area (Å²) in [6, 6.07) is 5.76. The van der Waals surface area contributed by atoms with Gasteiger partial charge in [-0.1, -0.05) is 17.7 Å². The highest BCUT2D eigenvalue weighted by molar-refractivity contribution is 6.32. The molecule has 2 rings (SSSR count). The number of anilines is 1. The largest absolute Gasteiger partial charge is 0.383 e. The summed E-state index contributed by atoms with van der Waals surface area (Å²) in [4.78, 5) is 16.4. The van der Waals surface area contributed by atoms with Crippen LogP contribution in [0.25, 0.3) is 0 Å². The third kappa shape index (κ3) is 4.03. The van der Waals surface area contributed by atoms with Crippen molar-refractivity contribution < 1.29 is 4.74 Å². The highest BCUT2D eigenvalue weighted by atomic mass is 35.5. The van der Waals surface area contributed by atoms with Crippen molar-refractivity contribution in [2.75, 3.05) is 19.0 Å². The lowest BCUT2D eigenvalue weighted by Gasteiger charge is -2.10. The Hall–Kier alpha value is -1.92. The van der Waals surface area contributed by atoms with Crippen LogP contribution in [0.3, 0.4) is 0 Å². The Morgan fingerprint density at radius 1 is 1.43 bits per heavy atom. The van der Waals surface area contributed by atoms with Crippen molar-refractivity contribution in [3.8, 4) is 0 Å². The second-order valence-corrected chi connectivity index (χ2v) is 4.90. The SMILES string of the molecule is COCCn1ncc(NCc2cccc(C)n2)c(Cl)c1=O. The van der Waals surface area contributed by atoms with E-state index in [0.717, 1.165) is 11.4 Å². The van der Waals surface area contributed by atoms with Crippen LogP contribution in [0.4, 0.5) is 5.69 Å². The molecule has 21 heavy (non-hydrogen) atoms. The Kier molecular flexibility index (Phi) is 5.30. The molecule has 6 nitrogen and oxygen atoms in total. The first kappa shape index (κ1) is 15.5. The van der Waals surface area contributed by atoms with Crippen LogP contribution in [0.2, 0.25) is 5.02 Å². The molecule has 0 saturated carbocycles. The summed E-state index contributed by atoms with van der Waals surface area (Å²) in [7, 11) is 1.57. The average molecular weight is 309 g/mol. The lowest BCUT2D eigenvalue weighted by atomic mass is 10.3. The normalized spacial score (nSPS) is 10.6. The van der Waals surface area contributed by atoms with Crippen molar-refractivity contribution in [3.05, 3.63) is 51.2 Å². The minimum absolute atomic E-state index is 0.119. The molecule has 0 unspecified atom stereocenters. The number of nitrogens with one attached hydrogen (secondary N) is 1. The van der Waals surface area contributed by atoms with Gasteiger partial charge in [0, 0.05) is 12.8 Å². The van der Waals surface area contributed by atoms with E-state index in [9.17, 15) is 4.79 Å². The molecule has 0 radical (unpaired) electrons. The van der Waals surface area contributed by atoms with E-state index in [-0.39, 0.29) is 10.6 Å². The summed E-state index contributed by atoms with van der Waals surface area (Å²) in [6.07, 6.45) is 1.54. The Bertz CT molecular complexity index is 672. The van der Waals surface area contributed by atoms with Gasteiger partial charge in [-0.2, -0.15) is 5.10 Å².